The summed E-state index contributed by atoms with van der Waals surface area (Å²) in [5, 5.41) is 4.33. The fourth-order valence-corrected chi connectivity index (χ4v) is 7.99. The fraction of sp³-hybridized carbons (Fsp3) is 0. The summed E-state index contributed by atoms with van der Waals surface area (Å²) >= 11 is 0. The molecule has 262 valence electrons. The number of pyridine rings is 1. The first-order chi connectivity index (χ1) is 27.8. The van der Waals surface area contributed by atoms with Crippen molar-refractivity contribution in [1.82, 2.24) is 15.0 Å². The van der Waals surface area contributed by atoms with Crippen LogP contribution in [0.25, 0.3) is 111 Å². The molecule has 0 aliphatic rings. The van der Waals surface area contributed by atoms with E-state index < -0.39 is 0 Å². The van der Waals surface area contributed by atoms with Gasteiger partial charge in [0.25, 0.3) is 0 Å². The molecule has 0 aliphatic carbocycles. The van der Waals surface area contributed by atoms with Crippen molar-refractivity contribution in [3.8, 4) is 67.3 Å². The molecule has 0 spiro atoms. The van der Waals surface area contributed by atoms with Gasteiger partial charge in [-0.15, -0.1) is 0 Å². The topological polar surface area (TPSA) is 65.0 Å². The van der Waals surface area contributed by atoms with Crippen molar-refractivity contribution in [2.24, 2.45) is 0 Å². The van der Waals surface area contributed by atoms with Crippen LogP contribution in [0.2, 0.25) is 0 Å². The Bertz CT molecular complexity index is 3240. The lowest BCUT2D eigenvalue weighted by atomic mass is 9.93. The van der Waals surface area contributed by atoms with Crippen LogP contribution in [-0.4, -0.2) is 15.0 Å². The number of nitrogens with zero attached hydrogens (tertiary/aromatic N) is 3. The van der Waals surface area contributed by atoms with Gasteiger partial charge in [0, 0.05) is 61.8 Å². The van der Waals surface area contributed by atoms with Gasteiger partial charge in [-0.25, -0.2) is 9.97 Å². The zero-order valence-corrected chi connectivity index (χ0v) is 30.1. The summed E-state index contributed by atoms with van der Waals surface area (Å²) in [7, 11) is 0. The first-order valence-electron chi connectivity index (χ1n) is 18.7. The van der Waals surface area contributed by atoms with Crippen LogP contribution in [-0.2, 0) is 0 Å². The number of para-hydroxylation sites is 3. The molecule has 5 nitrogen and oxygen atoms in total. The normalized spacial score (nSPS) is 11.6. The Labute approximate surface area is 322 Å². The quantitative estimate of drug-likeness (QED) is 0.171. The van der Waals surface area contributed by atoms with Gasteiger partial charge in [0.15, 0.2) is 5.82 Å². The molecule has 0 bridgehead atoms. The number of benzene rings is 7. The predicted octanol–water partition coefficient (Wildman–Crippen LogP) is 13.7. The van der Waals surface area contributed by atoms with E-state index in [-0.39, 0.29) is 0 Å². The highest BCUT2D eigenvalue weighted by Crippen LogP contribution is 2.45. The number of hydrogen-bond acceptors (Lipinski definition) is 5. The Morgan fingerprint density at radius 2 is 0.875 bits per heavy atom. The molecule has 5 heteroatoms. The van der Waals surface area contributed by atoms with Gasteiger partial charge in [-0.1, -0.05) is 140 Å². The predicted molar refractivity (Wildman–Crippen MR) is 227 cm³/mol. The van der Waals surface area contributed by atoms with E-state index in [2.05, 4.69) is 114 Å². The van der Waals surface area contributed by atoms with E-state index in [0.717, 1.165) is 105 Å². The molecule has 0 aliphatic heterocycles. The van der Waals surface area contributed by atoms with Crippen LogP contribution in [0.4, 0.5) is 0 Å². The molecule has 0 atom stereocenters. The number of furan rings is 2. The molecule has 4 aromatic heterocycles. The third-order valence-corrected chi connectivity index (χ3v) is 10.7. The van der Waals surface area contributed by atoms with Crippen LogP contribution in [0.3, 0.4) is 0 Å². The summed E-state index contributed by atoms with van der Waals surface area (Å²) in [6, 6.07) is 60.6. The van der Waals surface area contributed by atoms with E-state index in [4.69, 9.17) is 18.8 Å². The molecule has 0 saturated carbocycles. The summed E-state index contributed by atoms with van der Waals surface area (Å²) in [5.74, 6) is 0.666. The molecule has 11 aromatic rings. The maximum Gasteiger partial charge on any atom is 0.161 e. The average molecular weight is 718 g/mol. The van der Waals surface area contributed by atoms with Crippen molar-refractivity contribution >= 4 is 43.9 Å². The van der Waals surface area contributed by atoms with Crippen LogP contribution in [0.15, 0.2) is 197 Å². The molecule has 4 heterocycles. The van der Waals surface area contributed by atoms with Crippen LogP contribution >= 0.6 is 0 Å². The molecule has 0 amide bonds. The van der Waals surface area contributed by atoms with Crippen LogP contribution < -0.4 is 0 Å². The minimum absolute atomic E-state index is 0.666. The monoisotopic (exact) mass is 717 g/mol. The van der Waals surface area contributed by atoms with Gasteiger partial charge in [-0.3, -0.25) is 4.98 Å². The number of aromatic nitrogens is 3. The van der Waals surface area contributed by atoms with Crippen LogP contribution in [0.5, 0.6) is 0 Å². The Morgan fingerprint density at radius 1 is 0.339 bits per heavy atom. The van der Waals surface area contributed by atoms with Crippen molar-refractivity contribution in [3.05, 3.63) is 188 Å². The number of hydrogen-bond donors (Lipinski definition) is 0. The third-order valence-electron chi connectivity index (χ3n) is 10.7. The minimum Gasteiger partial charge on any atom is -0.455 e. The molecule has 56 heavy (non-hydrogen) atoms. The Balaban J connectivity index is 1.05. The molecular weight excluding hydrogens is 687 g/mol. The van der Waals surface area contributed by atoms with E-state index in [1.807, 2.05) is 79.1 Å². The van der Waals surface area contributed by atoms with Gasteiger partial charge in [0.05, 0.1) is 11.4 Å². The van der Waals surface area contributed by atoms with Crippen molar-refractivity contribution < 1.29 is 8.83 Å². The van der Waals surface area contributed by atoms with E-state index >= 15 is 0 Å². The van der Waals surface area contributed by atoms with E-state index in [1.54, 1.807) is 0 Å². The van der Waals surface area contributed by atoms with Gasteiger partial charge in [-0.05, 0) is 58.7 Å². The standard InChI is InChI=1S/C51H31N3O2/c1-2-11-34(12-3-1)44-31-45(54-51(53-44)42-15-5-4-13-36(42)33-27-29-52-30-28-33)35-23-21-32(22-24-35)37-25-26-41(50-48(37)43-16-7-9-20-47(43)56-50)40-18-10-17-39-38-14-6-8-19-46(38)55-49(39)40/h1-31H. The smallest absolute Gasteiger partial charge is 0.161 e. The molecular formula is C51H31N3O2. The highest BCUT2D eigenvalue weighted by molar-refractivity contribution is 6.18. The Morgan fingerprint density at radius 3 is 1.66 bits per heavy atom. The van der Waals surface area contributed by atoms with E-state index in [0.29, 0.717) is 5.82 Å². The van der Waals surface area contributed by atoms with Crippen molar-refractivity contribution in [2.75, 3.05) is 0 Å². The lowest BCUT2D eigenvalue weighted by Gasteiger charge is -2.13. The van der Waals surface area contributed by atoms with Crippen LogP contribution in [0.1, 0.15) is 0 Å². The lowest BCUT2D eigenvalue weighted by molar-refractivity contribution is 0.665. The molecule has 0 fully saturated rings. The maximum absolute atomic E-state index is 6.71. The summed E-state index contributed by atoms with van der Waals surface area (Å²) in [4.78, 5) is 14.6. The van der Waals surface area contributed by atoms with E-state index in [1.165, 1.54) is 0 Å². The molecule has 0 saturated heterocycles. The largest absolute Gasteiger partial charge is 0.455 e. The second-order valence-corrected chi connectivity index (χ2v) is 13.9. The third kappa shape index (κ3) is 5.29. The highest BCUT2D eigenvalue weighted by atomic mass is 16.3. The summed E-state index contributed by atoms with van der Waals surface area (Å²) in [5.41, 5.74) is 14.4. The summed E-state index contributed by atoms with van der Waals surface area (Å²) in [6.45, 7) is 0. The van der Waals surface area contributed by atoms with Gasteiger partial charge in [0.1, 0.15) is 22.3 Å². The molecule has 7 aromatic carbocycles. The molecule has 0 N–H and O–H groups in total. The second-order valence-electron chi connectivity index (χ2n) is 13.9. The van der Waals surface area contributed by atoms with Gasteiger partial charge >= 0.3 is 0 Å². The zero-order chi connectivity index (χ0) is 37.0. The van der Waals surface area contributed by atoms with Crippen molar-refractivity contribution in [3.63, 3.8) is 0 Å². The first kappa shape index (κ1) is 31.9. The SMILES string of the molecule is c1ccc(-c2cc(-c3ccc(-c4ccc(-c5cccc6c5oc5ccccc56)c5oc6ccccc6c45)cc3)nc(-c3ccccc3-c3ccncc3)n2)cc1. The van der Waals surface area contributed by atoms with Crippen LogP contribution in [0, 0.1) is 0 Å². The highest BCUT2D eigenvalue weighted by Gasteiger charge is 2.21. The molecule has 0 radical (unpaired) electrons. The average Bonchev–Trinajstić information content (AvgIpc) is 3.86. The fourth-order valence-electron chi connectivity index (χ4n) is 7.99. The Hall–Kier alpha value is -7.63. The van der Waals surface area contributed by atoms with Crippen molar-refractivity contribution in [2.45, 2.75) is 0 Å². The summed E-state index contributed by atoms with van der Waals surface area (Å²) in [6.07, 6.45) is 3.63. The first-order valence-corrected chi connectivity index (χ1v) is 18.7. The summed E-state index contributed by atoms with van der Waals surface area (Å²) < 4.78 is 13.2. The second kappa shape index (κ2) is 13.0. The maximum atomic E-state index is 6.71. The van der Waals surface area contributed by atoms with Gasteiger partial charge in [-0.2, -0.15) is 0 Å². The minimum atomic E-state index is 0.666. The molecule has 11 rings (SSSR count). The Kier molecular flexibility index (Phi) is 7.42. The van der Waals surface area contributed by atoms with Gasteiger partial charge in [0.2, 0.25) is 0 Å². The van der Waals surface area contributed by atoms with E-state index in [9.17, 15) is 0 Å². The zero-order valence-electron chi connectivity index (χ0n) is 30.1. The van der Waals surface area contributed by atoms with Crippen molar-refractivity contribution in [1.29, 1.82) is 0 Å². The molecule has 0 unspecified atom stereocenters. The number of fused-ring (bicyclic) bond motifs is 6. The lowest BCUT2D eigenvalue weighted by Crippen LogP contribution is -1.97. The van der Waals surface area contributed by atoms with Gasteiger partial charge < -0.3 is 8.83 Å². The number of rotatable bonds is 6.